The highest BCUT2D eigenvalue weighted by molar-refractivity contribution is 6.03. The molecule has 0 N–H and O–H groups in total. The summed E-state index contributed by atoms with van der Waals surface area (Å²) in [6.45, 7) is 1.53. The van der Waals surface area contributed by atoms with Crippen molar-refractivity contribution in [2.24, 2.45) is 0 Å². The third-order valence-electron chi connectivity index (χ3n) is 3.06. The Balaban J connectivity index is 2.53. The summed E-state index contributed by atoms with van der Waals surface area (Å²) < 4.78 is 1.79. The van der Waals surface area contributed by atoms with Crippen LogP contribution in [0.25, 0.3) is 16.3 Å². The van der Waals surface area contributed by atoms with Gasteiger partial charge in [0.2, 0.25) is 0 Å². The lowest BCUT2D eigenvalue weighted by Crippen LogP contribution is -1.94. The second-order valence-corrected chi connectivity index (χ2v) is 4.11. The quantitative estimate of drug-likeness (QED) is 0.609. The van der Waals surface area contributed by atoms with E-state index in [4.69, 9.17) is 0 Å². The molecule has 0 bridgehead atoms. The van der Waals surface area contributed by atoms with Crippen LogP contribution in [0.4, 0.5) is 0 Å². The molecule has 0 amide bonds. The fourth-order valence-corrected chi connectivity index (χ4v) is 2.17. The molecule has 86 valence electrons. The van der Waals surface area contributed by atoms with E-state index in [1.54, 1.807) is 29.1 Å². The number of carbonyl (C=O) groups excluding carboxylic acids is 1. The molecule has 0 radical (unpaired) electrons. The van der Waals surface area contributed by atoms with Crippen molar-refractivity contribution in [3.8, 4) is 6.07 Å². The number of hydrogen-bond donors (Lipinski definition) is 0. The first kappa shape index (κ1) is 10.5. The van der Waals surface area contributed by atoms with Gasteiger partial charge >= 0.3 is 0 Å². The Bertz CT molecular complexity index is 824. The van der Waals surface area contributed by atoms with Crippen LogP contribution in [0.5, 0.6) is 0 Å². The molecule has 3 rings (SSSR count). The summed E-state index contributed by atoms with van der Waals surface area (Å²) in [5, 5.41) is 11.0. The van der Waals surface area contributed by atoms with Crippen molar-refractivity contribution in [3.05, 3.63) is 48.0 Å². The van der Waals surface area contributed by atoms with E-state index in [0.717, 1.165) is 16.3 Å². The molecule has 0 aliphatic carbocycles. The highest BCUT2D eigenvalue weighted by Crippen LogP contribution is 2.26. The van der Waals surface area contributed by atoms with Crippen molar-refractivity contribution in [2.45, 2.75) is 6.92 Å². The van der Waals surface area contributed by atoms with Crippen molar-refractivity contribution < 1.29 is 4.79 Å². The van der Waals surface area contributed by atoms with Crippen molar-refractivity contribution >= 4 is 22.1 Å². The number of aromatic nitrogens is 2. The van der Waals surface area contributed by atoms with Crippen LogP contribution in [0.15, 0.2) is 36.8 Å². The number of Topliss-reactive ketones (excluding diaryl/α,β-unsaturated/α-hetero) is 1. The molecular weight excluding hydrogens is 226 g/mol. The molecule has 3 aromatic rings. The van der Waals surface area contributed by atoms with E-state index in [-0.39, 0.29) is 5.78 Å². The molecular formula is C14H9N3O. The fourth-order valence-electron chi connectivity index (χ4n) is 2.17. The highest BCUT2D eigenvalue weighted by atomic mass is 16.1. The van der Waals surface area contributed by atoms with Crippen LogP contribution in [0, 0.1) is 11.3 Å². The van der Waals surface area contributed by atoms with Gasteiger partial charge in [0, 0.05) is 34.9 Å². The topological polar surface area (TPSA) is 58.2 Å². The number of nitriles is 1. The fraction of sp³-hybridized carbons (Fsp3) is 0.0714. The molecule has 3 heterocycles. The Hall–Kier alpha value is -2.67. The van der Waals surface area contributed by atoms with Gasteiger partial charge in [-0.1, -0.05) is 0 Å². The normalized spacial score (nSPS) is 10.7. The zero-order chi connectivity index (χ0) is 12.7. The van der Waals surface area contributed by atoms with E-state index in [2.05, 4.69) is 11.1 Å². The van der Waals surface area contributed by atoms with E-state index in [9.17, 15) is 10.1 Å². The van der Waals surface area contributed by atoms with Gasteiger partial charge < -0.3 is 4.40 Å². The molecule has 0 saturated carbocycles. The summed E-state index contributed by atoms with van der Waals surface area (Å²) >= 11 is 0. The molecule has 4 nitrogen and oxygen atoms in total. The summed E-state index contributed by atoms with van der Waals surface area (Å²) in [6.07, 6.45) is 5.11. The molecule has 0 spiro atoms. The van der Waals surface area contributed by atoms with E-state index in [1.807, 2.05) is 12.1 Å². The Labute approximate surface area is 103 Å². The third-order valence-corrected chi connectivity index (χ3v) is 3.06. The van der Waals surface area contributed by atoms with Gasteiger partial charge in [-0.15, -0.1) is 0 Å². The summed E-state index contributed by atoms with van der Waals surface area (Å²) in [6, 6.07) is 7.57. The van der Waals surface area contributed by atoms with E-state index >= 15 is 0 Å². The van der Waals surface area contributed by atoms with Crippen LogP contribution in [-0.4, -0.2) is 15.2 Å². The molecule has 0 aliphatic heterocycles. The number of rotatable bonds is 1. The first-order chi connectivity index (χ1) is 8.72. The van der Waals surface area contributed by atoms with Gasteiger partial charge in [0.25, 0.3) is 0 Å². The largest absolute Gasteiger partial charge is 0.307 e. The monoisotopic (exact) mass is 235 g/mol. The van der Waals surface area contributed by atoms with Crippen LogP contribution >= 0.6 is 0 Å². The Morgan fingerprint density at radius 1 is 1.39 bits per heavy atom. The number of nitrogens with zero attached hydrogens (tertiary/aromatic N) is 3. The van der Waals surface area contributed by atoms with Crippen LogP contribution in [-0.2, 0) is 0 Å². The van der Waals surface area contributed by atoms with Gasteiger partial charge in [-0.3, -0.25) is 9.78 Å². The minimum absolute atomic E-state index is 0.0133. The Morgan fingerprint density at radius 2 is 2.22 bits per heavy atom. The van der Waals surface area contributed by atoms with Crippen LogP contribution in [0.1, 0.15) is 23.0 Å². The number of carbonyl (C=O) groups is 1. The lowest BCUT2D eigenvalue weighted by molar-refractivity contribution is 0.101. The van der Waals surface area contributed by atoms with Crippen LogP contribution < -0.4 is 0 Å². The van der Waals surface area contributed by atoms with Gasteiger partial charge in [0.05, 0.1) is 5.52 Å². The number of pyridine rings is 2. The standard InChI is InChI=1S/C14H9N3O/c1-9(18)10-3-5-17-13(6-10)11-2-4-16-8-12(11)14(17)7-15/h2-6,8H,1H3. The van der Waals surface area contributed by atoms with Gasteiger partial charge in [-0.25, -0.2) is 0 Å². The molecule has 18 heavy (non-hydrogen) atoms. The van der Waals surface area contributed by atoms with Gasteiger partial charge in [0.1, 0.15) is 11.8 Å². The molecule has 0 aromatic carbocycles. The van der Waals surface area contributed by atoms with Crippen molar-refractivity contribution in [2.75, 3.05) is 0 Å². The first-order valence-electron chi connectivity index (χ1n) is 5.51. The number of hydrogen-bond acceptors (Lipinski definition) is 3. The third kappa shape index (κ3) is 1.31. The minimum atomic E-state index is 0.0133. The average Bonchev–Trinajstić information content (AvgIpc) is 2.71. The zero-order valence-electron chi connectivity index (χ0n) is 9.71. The Kier molecular flexibility index (Phi) is 2.14. The lowest BCUT2D eigenvalue weighted by atomic mass is 10.1. The van der Waals surface area contributed by atoms with Gasteiger partial charge in [-0.2, -0.15) is 5.26 Å². The van der Waals surface area contributed by atoms with Crippen molar-refractivity contribution in [1.82, 2.24) is 9.38 Å². The lowest BCUT2D eigenvalue weighted by Gasteiger charge is -1.99. The second kappa shape index (κ2) is 3.67. The summed E-state index contributed by atoms with van der Waals surface area (Å²) in [4.78, 5) is 15.5. The molecule has 0 aliphatic rings. The highest BCUT2D eigenvalue weighted by Gasteiger charge is 2.12. The SMILES string of the molecule is CC(=O)c1ccn2c(C#N)c3cnccc3c2c1. The molecule has 4 heteroatoms. The average molecular weight is 235 g/mol. The number of fused-ring (bicyclic) bond motifs is 3. The molecule has 0 unspecified atom stereocenters. The molecule has 3 aromatic heterocycles. The van der Waals surface area contributed by atoms with Gasteiger partial charge in [0.15, 0.2) is 5.78 Å². The van der Waals surface area contributed by atoms with Crippen LogP contribution in [0.3, 0.4) is 0 Å². The maximum Gasteiger partial charge on any atom is 0.159 e. The first-order valence-corrected chi connectivity index (χ1v) is 5.51. The van der Waals surface area contributed by atoms with Gasteiger partial charge in [-0.05, 0) is 25.1 Å². The zero-order valence-corrected chi connectivity index (χ0v) is 9.71. The van der Waals surface area contributed by atoms with E-state index < -0.39 is 0 Å². The minimum Gasteiger partial charge on any atom is -0.307 e. The van der Waals surface area contributed by atoms with E-state index in [1.165, 1.54) is 6.92 Å². The van der Waals surface area contributed by atoms with E-state index in [0.29, 0.717) is 11.3 Å². The van der Waals surface area contributed by atoms with Crippen molar-refractivity contribution in [3.63, 3.8) is 0 Å². The maximum absolute atomic E-state index is 11.4. The summed E-state index contributed by atoms with van der Waals surface area (Å²) in [7, 11) is 0. The smallest absolute Gasteiger partial charge is 0.159 e. The summed E-state index contributed by atoms with van der Waals surface area (Å²) in [5.41, 5.74) is 2.04. The maximum atomic E-state index is 11.4. The second-order valence-electron chi connectivity index (χ2n) is 4.11. The summed E-state index contributed by atoms with van der Waals surface area (Å²) in [5.74, 6) is 0.0133. The molecule has 0 saturated heterocycles. The predicted molar refractivity (Wildman–Crippen MR) is 67.4 cm³/mol. The number of ketones is 1. The van der Waals surface area contributed by atoms with Crippen LogP contribution in [0.2, 0.25) is 0 Å². The Morgan fingerprint density at radius 3 is 2.94 bits per heavy atom. The van der Waals surface area contributed by atoms with Crippen molar-refractivity contribution in [1.29, 1.82) is 5.26 Å². The molecule has 0 atom stereocenters. The molecule has 0 fully saturated rings. The predicted octanol–water partition coefficient (Wildman–Crippen LogP) is 2.56.